The number of guanidine groups is 1. The van der Waals surface area contributed by atoms with Gasteiger partial charge in [-0.1, -0.05) is 20.8 Å². The van der Waals surface area contributed by atoms with Gasteiger partial charge in [-0.2, -0.15) is 11.8 Å². The molecule has 2 atom stereocenters. The number of aromatic nitrogens is 1. The first-order chi connectivity index (χ1) is 11.5. The minimum Gasteiger partial charge on any atom is -0.387 e. The topological polar surface area (TPSA) is 69.5 Å². The van der Waals surface area contributed by atoms with Crippen molar-refractivity contribution in [1.82, 2.24) is 15.6 Å². The molecule has 0 radical (unpaired) electrons. The van der Waals surface area contributed by atoms with Crippen LogP contribution in [0.3, 0.4) is 0 Å². The normalized spacial score (nSPS) is 23.1. The van der Waals surface area contributed by atoms with E-state index < -0.39 is 5.60 Å². The second-order valence-corrected chi connectivity index (χ2v) is 8.88. The lowest BCUT2D eigenvalue weighted by Crippen LogP contribution is -2.58. The lowest BCUT2D eigenvalue weighted by atomic mass is 9.79. The Bertz CT molecular complexity index is 553. The van der Waals surface area contributed by atoms with Gasteiger partial charge in [-0.25, -0.2) is 9.98 Å². The van der Waals surface area contributed by atoms with E-state index in [4.69, 9.17) is 0 Å². The van der Waals surface area contributed by atoms with Gasteiger partial charge >= 0.3 is 0 Å². The van der Waals surface area contributed by atoms with E-state index in [9.17, 15) is 5.11 Å². The first kappa shape index (κ1) is 23.0. The van der Waals surface area contributed by atoms with Gasteiger partial charge in [-0.3, -0.25) is 0 Å². The number of nitrogens with zero attached hydrogens (tertiary/aromatic N) is 2. The minimum atomic E-state index is -0.608. The summed E-state index contributed by atoms with van der Waals surface area (Å²) >= 11 is 3.50. The Morgan fingerprint density at radius 3 is 2.76 bits per heavy atom. The van der Waals surface area contributed by atoms with Crippen molar-refractivity contribution < 1.29 is 5.11 Å². The van der Waals surface area contributed by atoms with Crippen molar-refractivity contribution >= 4 is 53.0 Å². The molecule has 0 aliphatic heterocycles. The van der Waals surface area contributed by atoms with E-state index in [-0.39, 0.29) is 24.0 Å². The largest absolute Gasteiger partial charge is 0.387 e. The average Bonchev–Trinajstić information content (AvgIpc) is 3.03. The summed E-state index contributed by atoms with van der Waals surface area (Å²) in [6, 6.07) is 0. The highest BCUT2D eigenvalue weighted by Gasteiger charge is 2.45. The van der Waals surface area contributed by atoms with Crippen LogP contribution in [0.2, 0.25) is 0 Å². The van der Waals surface area contributed by atoms with E-state index in [1.165, 1.54) is 0 Å². The lowest BCUT2D eigenvalue weighted by molar-refractivity contribution is -0.0198. The zero-order valence-corrected chi connectivity index (χ0v) is 19.5. The highest BCUT2D eigenvalue weighted by molar-refractivity contribution is 14.0. The Kier molecular flexibility index (Phi) is 10.1. The number of hydrogen-bond acceptors (Lipinski definition) is 5. The quantitative estimate of drug-likeness (QED) is 0.291. The number of rotatable bonds is 8. The van der Waals surface area contributed by atoms with E-state index in [2.05, 4.69) is 46.8 Å². The zero-order chi connectivity index (χ0) is 17.6. The number of thiazole rings is 1. The first-order valence-electron chi connectivity index (χ1n) is 8.79. The van der Waals surface area contributed by atoms with Crippen LogP contribution in [0.5, 0.6) is 0 Å². The first-order valence-corrected chi connectivity index (χ1v) is 10.7. The molecule has 3 N–H and O–H groups in total. The van der Waals surface area contributed by atoms with Gasteiger partial charge in [0.25, 0.3) is 0 Å². The van der Waals surface area contributed by atoms with Crippen LogP contribution in [0.25, 0.3) is 0 Å². The molecule has 1 aliphatic carbocycles. The third-order valence-corrected chi connectivity index (χ3v) is 6.51. The molecule has 2 rings (SSSR count). The highest BCUT2D eigenvalue weighted by Crippen LogP contribution is 2.40. The molecule has 25 heavy (non-hydrogen) atoms. The van der Waals surface area contributed by atoms with E-state index in [0.717, 1.165) is 41.8 Å². The molecule has 5 nitrogen and oxygen atoms in total. The van der Waals surface area contributed by atoms with Crippen molar-refractivity contribution in [3.8, 4) is 0 Å². The lowest BCUT2D eigenvalue weighted by Gasteiger charge is -2.45. The SMILES string of the molecule is CCNC(=NCc1nc(C(C)C)cs1)NCC1(O)CCC1SCC.I. The molecule has 0 saturated heterocycles. The maximum atomic E-state index is 10.7. The van der Waals surface area contributed by atoms with Crippen LogP contribution < -0.4 is 10.6 Å². The fraction of sp³-hybridized carbons (Fsp3) is 0.765. The van der Waals surface area contributed by atoms with Gasteiger partial charge in [0.15, 0.2) is 5.96 Å². The maximum absolute atomic E-state index is 10.7. The van der Waals surface area contributed by atoms with Crippen molar-refractivity contribution in [3.05, 3.63) is 16.1 Å². The van der Waals surface area contributed by atoms with Gasteiger partial charge in [0.05, 0.1) is 17.8 Å². The molecule has 0 amide bonds. The zero-order valence-electron chi connectivity index (χ0n) is 15.5. The van der Waals surface area contributed by atoms with Crippen molar-refractivity contribution in [2.24, 2.45) is 4.99 Å². The van der Waals surface area contributed by atoms with Crippen LogP contribution >= 0.6 is 47.1 Å². The molecule has 2 unspecified atom stereocenters. The second-order valence-electron chi connectivity index (χ2n) is 6.46. The van der Waals surface area contributed by atoms with Crippen LogP contribution in [0.1, 0.15) is 57.2 Å². The number of aliphatic hydroxyl groups is 1. The van der Waals surface area contributed by atoms with Gasteiger partial charge in [0.1, 0.15) is 5.01 Å². The number of hydrogen-bond donors (Lipinski definition) is 3. The van der Waals surface area contributed by atoms with E-state index in [0.29, 0.717) is 24.3 Å². The Morgan fingerprint density at radius 2 is 2.24 bits per heavy atom. The number of thioether (sulfide) groups is 1. The van der Waals surface area contributed by atoms with Gasteiger partial charge < -0.3 is 15.7 Å². The summed E-state index contributed by atoms with van der Waals surface area (Å²) in [4.78, 5) is 9.23. The molecule has 8 heteroatoms. The number of halogens is 1. The smallest absolute Gasteiger partial charge is 0.191 e. The molecule has 1 saturated carbocycles. The van der Waals surface area contributed by atoms with E-state index in [1.54, 1.807) is 11.3 Å². The monoisotopic (exact) mass is 498 g/mol. The summed E-state index contributed by atoms with van der Waals surface area (Å²) in [6.45, 7) is 10.4. The maximum Gasteiger partial charge on any atom is 0.191 e. The Labute approximate surface area is 176 Å². The molecule has 1 aliphatic rings. The minimum absolute atomic E-state index is 0. The Balaban J connectivity index is 0.00000312. The fourth-order valence-electron chi connectivity index (χ4n) is 2.63. The molecule has 1 aromatic heterocycles. The molecule has 0 bridgehead atoms. The molecule has 0 aromatic carbocycles. The fourth-order valence-corrected chi connectivity index (χ4v) is 4.70. The van der Waals surface area contributed by atoms with E-state index in [1.807, 2.05) is 18.7 Å². The van der Waals surface area contributed by atoms with E-state index >= 15 is 0 Å². The molecule has 1 heterocycles. The molecular formula is C17H31IN4OS2. The molecular weight excluding hydrogens is 467 g/mol. The molecule has 1 fully saturated rings. The van der Waals surface area contributed by atoms with Gasteiger partial charge in [0, 0.05) is 23.7 Å². The average molecular weight is 499 g/mol. The summed E-state index contributed by atoms with van der Waals surface area (Å²) in [7, 11) is 0. The summed E-state index contributed by atoms with van der Waals surface area (Å²) in [5.74, 6) is 2.24. The Morgan fingerprint density at radius 1 is 1.48 bits per heavy atom. The van der Waals surface area contributed by atoms with Crippen molar-refractivity contribution in [2.75, 3.05) is 18.8 Å². The van der Waals surface area contributed by atoms with Crippen LogP contribution in [-0.2, 0) is 6.54 Å². The van der Waals surface area contributed by atoms with Gasteiger partial charge in [0.2, 0.25) is 0 Å². The second kappa shape index (κ2) is 10.9. The predicted molar refractivity (Wildman–Crippen MR) is 121 cm³/mol. The van der Waals surface area contributed by atoms with Crippen LogP contribution in [0, 0.1) is 0 Å². The third-order valence-electron chi connectivity index (χ3n) is 4.25. The molecule has 0 spiro atoms. The molecule has 144 valence electrons. The predicted octanol–water partition coefficient (Wildman–Crippen LogP) is 3.59. The highest BCUT2D eigenvalue weighted by atomic mass is 127. The summed E-state index contributed by atoms with van der Waals surface area (Å²) in [5.41, 5.74) is 0.523. The van der Waals surface area contributed by atoms with Gasteiger partial charge in [-0.15, -0.1) is 35.3 Å². The van der Waals surface area contributed by atoms with Crippen molar-refractivity contribution in [2.45, 2.75) is 63.9 Å². The summed E-state index contributed by atoms with van der Waals surface area (Å²) in [5, 5.41) is 20.7. The van der Waals surface area contributed by atoms with Crippen molar-refractivity contribution in [3.63, 3.8) is 0 Å². The third kappa shape index (κ3) is 6.55. The van der Waals surface area contributed by atoms with Crippen LogP contribution in [0.4, 0.5) is 0 Å². The standard InChI is InChI=1S/C17H30N4OS2.HI/c1-5-18-16(19-9-15-21-13(10-24-15)12(3)4)20-11-17(22)8-7-14(17)23-6-2;/h10,12,14,22H,5-9,11H2,1-4H3,(H2,18,19,20);1H. The Hall–Kier alpha value is -0.0600. The van der Waals surface area contributed by atoms with Gasteiger partial charge in [-0.05, 0) is 31.4 Å². The molecule has 1 aromatic rings. The summed E-state index contributed by atoms with van der Waals surface area (Å²) in [6.07, 6.45) is 1.96. The van der Waals surface area contributed by atoms with Crippen LogP contribution in [-0.4, -0.2) is 45.7 Å². The van der Waals surface area contributed by atoms with Crippen molar-refractivity contribution in [1.29, 1.82) is 0 Å². The number of nitrogens with one attached hydrogen (secondary N) is 2. The van der Waals surface area contributed by atoms with Crippen LogP contribution in [0.15, 0.2) is 10.4 Å². The summed E-state index contributed by atoms with van der Waals surface area (Å²) < 4.78 is 0. The number of aliphatic imine (C=N–C) groups is 1.